The van der Waals surface area contributed by atoms with Gasteiger partial charge in [-0.3, -0.25) is 14.6 Å². The van der Waals surface area contributed by atoms with Crippen molar-refractivity contribution in [1.82, 2.24) is 0 Å². The van der Waals surface area contributed by atoms with Crippen LogP contribution in [0.2, 0.25) is 0 Å². The van der Waals surface area contributed by atoms with E-state index in [0.717, 1.165) is 0 Å². The van der Waals surface area contributed by atoms with E-state index in [2.05, 4.69) is 9.98 Å². The fourth-order valence-electron chi connectivity index (χ4n) is 1.12. The summed E-state index contributed by atoms with van der Waals surface area (Å²) in [6, 6.07) is -0.723. The minimum Gasteiger partial charge on any atom is -0.466 e. The molecular weight excluding hydrogens is 184 g/mol. The van der Waals surface area contributed by atoms with Crippen LogP contribution in [0.3, 0.4) is 0 Å². The van der Waals surface area contributed by atoms with E-state index in [1.807, 2.05) is 0 Å². The molecule has 1 amide bonds. The van der Waals surface area contributed by atoms with Crippen molar-refractivity contribution in [1.29, 1.82) is 0 Å². The van der Waals surface area contributed by atoms with E-state index in [1.165, 1.54) is 12.4 Å². The molecule has 0 aromatic carbocycles. The predicted molar refractivity (Wildman–Crippen MR) is 51.6 cm³/mol. The molecule has 0 fully saturated rings. The summed E-state index contributed by atoms with van der Waals surface area (Å²) in [4.78, 5) is 30.0. The fraction of sp³-hybridized carbons (Fsp3) is 0.556. The molecule has 1 heterocycles. The number of nitrogens with zero attached hydrogens (tertiary/aromatic N) is 2. The van der Waals surface area contributed by atoms with Gasteiger partial charge in [0.25, 0.3) is 5.91 Å². The number of ether oxygens (including phenoxy) is 1. The highest BCUT2D eigenvalue weighted by molar-refractivity contribution is 6.21. The first-order valence-corrected chi connectivity index (χ1v) is 4.43. The van der Waals surface area contributed by atoms with Crippen molar-refractivity contribution in [2.75, 3.05) is 6.61 Å². The minimum atomic E-state index is -0.723. The average molecular weight is 196 g/mol. The van der Waals surface area contributed by atoms with Gasteiger partial charge >= 0.3 is 5.97 Å². The molecule has 2 unspecified atom stereocenters. The van der Waals surface area contributed by atoms with Gasteiger partial charge in [0.1, 0.15) is 6.04 Å². The number of esters is 1. The van der Waals surface area contributed by atoms with E-state index in [-0.39, 0.29) is 0 Å². The van der Waals surface area contributed by atoms with Gasteiger partial charge in [-0.2, -0.15) is 0 Å². The zero-order chi connectivity index (χ0) is 10.6. The maximum atomic E-state index is 11.3. The van der Waals surface area contributed by atoms with Crippen molar-refractivity contribution in [3.63, 3.8) is 0 Å². The van der Waals surface area contributed by atoms with Crippen LogP contribution in [0.5, 0.6) is 0 Å². The number of hydrogen-bond acceptors (Lipinski definition) is 4. The molecule has 14 heavy (non-hydrogen) atoms. The first-order chi connectivity index (χ1) is 6.66. The Kier molecular flexibility index (Phi) is 3.50. The zero-order valence-corrected chi connectivity index (χ0v) is 8.14. The van der Waals surface area contributed by atoms with Crippen molar-refractivity contribution in [3.8, 4) is 0 Å². The SMILES string of the molecule is CCOC(=O)C(C)C1N=CC=NC1=O. The van der Waals surface area contributed by atoms with Crippen LogP contribution >= 0.6 is 0 Å². The van der Waals surface area contributed by atoms with Crippen molar-refractivity contribution in [2.45, 2.75) is 19.9 Å². The lowest BCUT2D eigenvalue weighted by atomic mass is 10.0. The summed E-state index contributed by atoms with van der Waals surface area (Å²) in [6.07, 6.45) is 2.73. The molecule has 76 valence electrons. The smallest absolute Gasteiger partial charge is 0.311 e. The zero-order valence-electron chi connectivity index (χ0n) is 8.14. The van der Waals surface area contributed by atoms with Gasteiger partial charge in [-0.25, -0.2) is 4.99 Å². The summed E-state index contributed by atoms with van der Waals surface area (Å²) in [7, 11) is 0. The summed E-state index contributed by atoms with van der Waals surface area (Å²) >= 11 is 0. The Bertz CT molecular complexity index is 296. The highest BCUT2D eigenvalue weighted by atomic mass is 16.5. The molecule has 5 nitrogen and oxygen atoms in total. The predicted octanol–water partition coefficient (Wildman–Crippen LogP) is 0.236. The van der Waals surface area contributed by atoms with E-state index >= 15 is 0 Å². The average Bonchev–Trinajstić information content (AvgIpc) is 2.18. The Labute approximate surface area is 81.9 Å². The molecule has 0 radical (unpaired) electrons. The molecule has 1 aliphatic rings. The number of carbonyl (C=O) groups is 2. The number of hydrogen-bond donors (Lipinski definition) is 0. The third kappa shape index (κ3) is 2.25. The minimum absolute atomic E-state index is 0.303. The number of amides is 1. The van der Waals surface area contributed by atoms with Crippen molar-refractivity contribution in [3.05, 3.63) is 0 Å². The van der Waals surface area contributed by atoms with E-state index in [9.17, 15) is 9.59 Å². The highest BCUT2D eigenvalue weighted by Gasteiger charge is 2.30. The highest BCUT2D eigenvalue weighted by Crippen LogP contribution is 2.12. The summed E-state index contributed by atoms with van der Waals surface area (Å²) in [5, 5.41) is 0. The molecule has 0 aliphatic carbocycles. The molecule has 2 atom stereocenters. The van der Waals surface area contributed by atoms with Crippen LogP contribution in [-0.2, 0) is 14.3 Å². The molecule has 0 aromatic heterocycles. The second-order valence-corrected chi connectivity index (χ2v) is 2.90. The third-order valence-electron chi connectivity index (χ3n) is 1.90. The van der Waals surface area contributed by atoms with Gasteiger partial charge in [0.15, 0.2) is 0 Å². The first kappa shape index (κ1) is 10.6. The normalized spacial score (nSPS) is 22.1. The maximum absolute atomic E-state index is 11.3. The number of carbonyl (C=O) groups excluding carboxylic acids is 2. The van der Waals surface area contributed by atoms with Gasteiger partial charge in [-0.15, -0.1) is 0 Å². The van der Waals surface area contributed by atoms with E-state index in [1.54, 1.807) is 13.8 Å². The van der Waals surface area contributed by atoms with Crippen LogP contribution in [0.4, 0.5) is 0 Å². The summed E-state index contributed by atoms with van der Waals surface area (Å²) in [5.74, 6) is -1.38. The van der Waals surface area contributed by atoms with E-state index in [4.69, 9.17) is 4.74 Å². The summed E-state index contributed by atoms with van der Waals surface area (Å²) in [6.45, 7) is 3.63. The molecule has 0 saturated heterocycles. The summed E-state index contributed by atoms with van der Waals surface area (Å²) < 4.78 is 4.79. The lowest BCUT2D eigenvalue weighted by Gasteiger charge is -2.16. The van der Waals surface area contributed by atoms with Gasteiger partial charge in [0.05, 0.1) is 12.5 Å². The standard InChI is InChI=1S/C9H12N2O3/c1-3-14-9(13)6(2)7-8(12)11-5-4-10-7/h4-7H,3H2,1-2H3. The quantitative estimate of drug-likeness (QED) is 0.607. The van der Waals surface area contributed by atoms with Crippen LogP contribution in [0.15, 0.2) is 9.98 Å². The lowest BCUT2D eigenvalue weighted by Crippen LogP contribution is -2.33. The fourth-order valence-corrected chi connectivity index (χ4v) is 1.12. The molecule has 0 bridgehead atoms. The second kappa shape index (κ2) is 4.64. The molecular formula is C9H12N2O3. The molecule has 0 aromatic rings. The monoisotopic (exact) mass is 196 g/mol. The van der Waals surface area contributed by atoms with Crippen molar-refractivity contribution >= 4 is 24.3 Å². The van der Waals surface area contributed by atoms with E-state index in [0.29, 0.717) is 6.61 Å². The molecule has 1 rings (SSSR count). The van der Waals surface area contributed by atoms with Gasteiger partial charge in [0, 0.05) is 12.4 Å². The van der Waals surface area contributed by atoms with Gasteiger partial charge in [0.2, 0.25) is 0 Å². The molecule has 1 aliphatic heterocycles. The molecule has 5 heteroatoms. The molecule has 0 saturated carbocycles. The number of rotatable bonds is 3. The van der Waals surface area contributed by atoms with Crippen molar-refractivity contribution in [2.24, 2.45) is 15.9 Å². The Morgan fingerprint density at radius 2 is 2.36 bits per heavy atom. The van der Waals surface area contributed by atoms with Crippen LogP contribution in [0.1, 0.15) is 13.8 Å². The maximum Gasteiger partial charge on any atom is 0.311 e. The molecule has 0 N–H and O–H groups in total. The Morgan fingerprint density at radius 3 is 2.93 bits per heavy atom. The molecule has 0 spiro atoms. The van der Waals surface area contributed by atoms with Gasteiger partial charge < -0.3 is 4.74 Å². The Balaban J connectivity index is 2.64. The Hall–Kier alpha value is -1.52. The van der Waals surface area contributed by atoms with Crippen LogP contribution in [0, 0.1) is 5.92 Å². The Morgan fingerprint density at radius 1 is 1.64 bits per heavy atom. The lowest BCUT2D eigenvalue weighted by molar-refractivity contribution is -0.149. The van der Waals surface area contributed by atoms with E-state index < -0.39 is 23.8 Å². The van der Waals surface area contributed by atoms with Gasteiger partial charge in [-0.05, 0) is 13.8 Å². The van der Waals surface area contributed by atoms with Gasteiger partial charge in [-0.1, -0.05) is 0 Å². The second-order valence-electron chi connectivity index (χ2n) is 2.90. The summed E-state index contributed by atoms with van der Waals surface area (Å²) in [5.41, 5.74) is 0. The number of aliphatic imine (C=N–C) groups is 2. The van der Waals surface area contributed by atoms with Crippen molar-refractivity contribution < 1.29 is 14.3 Å². The van der Waals surface area contributed by atoms with Crippen LogP contribution in [0.25, 0.3) is 0 Å². The van der Waals surface area contributed by atoms with Crippen LogP contribution < -0.4 is 0 Å². The first-order valence-electron chi connectivity index (χ1n) is 4.43. The van der Waals surface area contributed by atoms with Crippen LogP contribution in [-0.4, -0.2) is 37.0 Å². The third-order valence-corrected chi connectivity index (χ3v) is 1.90. The largest absolute Gasteiger partial charge is 0.466 e. The topological polar surface area (TPSA) is 68.1 Å².